The maximum atomic E-state index is 4.18. The molecule has 142 valence electrons. The van der Waals surface area contributed by atoms with Gasteiger partial charge in [0.2, 0.25) is 0 Å². The van der Waals surface area contributed by atoms with Crippen molar-refractivity contribution >= 4 is 10.9 Å². The number of rotatable bonds is 1. The summed E-state index contributed by atoms with van der Waals surface area (Å²) < 4.78 is 0. The fourth-order valence-corrected chi connectivity index (χ4v) is 4.14. The molecule has 0 amide bonds. The molecule has 0 spiro atoms. The Morgan fingerprint density at radius 3 is 2.31 bits per heavy atom. The molecule has 1 N–H and O–H groups in total. The molecular weight excluding hydrogens is 318 g/mol. The second kappa shape index (κ2) is 11.3. The van der Waals surface area contributed by atoms with Crippen LogP contribution in [0.15, 0.2) is 42.6 Å². The molecule has 2 heterocycles. The quantitative estimate of drug-likeness (QED) is 0.711. The summed E-state index contributed by atoms with van der Waals surface area (Å²) in [5.74, 6) is 0. The summed E-state index contributed by atoms with van der Waals surface area (Å²) in [7, 11) is 0. The highest BCUT2D eigenvalue weighted by Crippen LogP contribution is 2.21. The van der Waals surface area contributed by atoms with Gasteiger partial charge in [0, 0.05) is 30.7 Å². The molecular formula is C23H35N3. The highest BCUT2D eigenvalue weighted by atomic mass is 15.5. The van der Waals surface area contributed by atoms with E-state index >= 15 is 0 Å². The van der Waals surface area contributed by atoms with Gasteiger partial charge in [-0.05, 0) is 37.8 Å². The predicted octanol–water partition coefficient (Wildman–Crippen LogP) is 5.71. The van der Waals surface area contributed by atoms with Gasteiger partial charge in [0.05, 0.1) is 5.52 Å². The first kappa shape index (κ1) is 19.3. The second-order valence-electron chi connectivity index (χ2n) is 7.71. The van der Waals surface area contributed by atoms with Crippen molar-refractivity contribution in [1.82, 2.24) is 15.4 Å². The van der Waals surface area contributed by atoms with Gasteiger partial charge in [0.25, 0.3) is 0 Å². The Kier molecular flexibility index (Phi) is 8.40. The van der Waals surface area contributed by atoms with Gasteiger partial charge in [-0.25, -0.2) is 5.01 Å². The molecule has 0 unspecified atom stereocenters. The smallest absolute Gasteiger partial charge is 0.0701 e. The highest BCUT2D eigenvalue weighted by molar-refractivity contribution is 5.77. The molecule has 2 fully saturated rings. The first-order chi connectivity index (χ1) is 12.9. The summed E-state index contributed by atoms with van der Waals surface area (Å²) in [6, 6.07) is 12.9. The van der Waals surface area contributed by atoms with E-state index < -0.39 is 0 Å². The number of hydrogen-bond acceptors (Lipinski definition) is 3. The van der Waals surface area contributed by atoms with Crippen molar-refractivity contribution in [3.63, 3.8) is 0 Å². The number of fused-ring (bicyclic) bond motifs is 1. The van der Waals surface area contributed by atoms with Crippen LogP contribution in [0.5, 0.6) is 0 Å². The lowest BCUT2D eigenvalue weighted by atomic mass is 9.96. The molecule has 2 aliphatic rings. The van der Waals surface area contributed by atoms with Gasteiger partial charge in [-0.1, -0.05) is 69.2 Å². The normalized spacial score (nSPS) is 20.9. The number of pyridine rings is 1. The number of para-hydroxylation sites is 1. The summed E-state index contributed by atoms with van der Waals surface area (Å²) in [6.07, 6.45) is 17.6. The van der Waals surface area contributed by atoms with Crippen LogP contribution in [0.1, 0.15) is 70.6 Å². The largest absolute Gasteiger partial charge is 0.256 e. The zero-order valence-corrected chi connectivity index (χ0v) is 16.2. The fourth-order valence-electron chi connectivity index (χ4n) is 4.14. The summed E-state index contributed by atoms with van der Waals surface area (Å²) in [6.45, 7) is 2.49. The van der Waals surface area contributed by atoms with E-state index in [1.165, 1.54) is 89.1 Å². The lowest BCUT2D eigenvalue weighted by molar-refractivity contribution is 0.0927. The maximum absolute atomic E-state index is 4.18. The molecule has 3 nitrogen and oxygen atoms in total. The van der Waals surface area contributed by atoms with E-state index in [-0.39, 0.29) is 0 Å². The van der Waals surface area contributed by atoms with Crippen LogP contribution in [-0.2, 0) is 0 Å². The standard InChI is InChI=1S/C14H28N2.C9H7N/c1-2-6-10-14(11-7-3-1)16-13-9-5-4-8-12-15-16;1-2-6-9-8(4-1)5-3-7-10-9/h14-15H,1-13H2;1-7H. The van der Waals surface area contributed by atoms with Gasteiger partial charge in [0.1, 0.15) is 0 Å². The van der Waals surface area contributed by atoms with E-state index in [0.29, 0.717) is 0 Å². The average Bonchev–Trinajstić information content (AvgIpc) is 2.63. The van der Waals surface area contributed by atoms with E-state index in [9.17, 15) is 0 Å². The minimum absolute atomic E-state index is 0.832. The van der Waals surface area contributed by atoms with E-state index in [2.05, 4.69) is 27.6 Å². The topological polar surface area (TPSA) is 28.2 Å². The zero-order chi connectivity index (χ0) is 17.9. The van der Waals surface area contributed by atoms with Gasteiger partial charge in [-0.2, -0.15) is 0 Å². The van der Waals surface area contributed by atoms with Crippen molar-refractivity contribution < 1.29 is 0 Å². The van der Waals surface area contributed by atoms with Crippen LogP contribution in [0, 0.1) is 0 Å². The maximum Gasteiger partial charge on any atom is 0.0701 e. The third-order valence-corrected chi connectivity index (χ3v) is 5.67. The lowest BCUT2D eigenvalue weighted by Gasteiger charge is -2.34. The Labute approximate surface area is 159 Å². The Hall–Kier alpha value is -1.45. The molecule has 26 heavy (non-hydrogen) atoms. The lowest BCUT2D eigenvalue weighted by Crippen LogP contribution is -2.47. The van der Waals surface area contributed by atoms with Crippen molar-refractivity contribution in [2.24, 2.45) is 0 Å². The second-order valence-corrected chi connectivity index (χ2v) is 7.71. The van der Waals surface area contributed by atoms with Crippen molar-refractivity contribution in [3.8, 4) is 0 Å². The molecule has 2 aromatic rings. The van der Waals surface area contributed by atoms with Gasteiger partial charge in [0.15, 0.2) is 0 Å². The van der Waals surface area contributed by atoms with Crippen molar-refractivity contribution in [3.05, 3.63) is 42.6 Å². The number of hydrazine groups is 1. The van der Waals surface area contributed by atoms with E-state index in [0.717, 1.165) is 11.6 Å². The average molecular weight is 354 g/mol. The van der Waals surface area contributed by atoms with Crippen LogP contribution in [0.3, 0.4) is 0 Å². The van der Waals surface area contributed by atoms with Crippen LogP contribution in [0.4, 0.5) is 0 Å². The minimum Gasteiger partial charge on any atom is -0.256 e. The first-order valence-electron chi connectivity index (χ1n) is 10.7. The summed E-state index contributed by atoms with van der Waals surface area (Å²) >= 11 is 0. The predicted molar refractivity (Wildman–Crippen MR) is 111 cm³/mol. The van der Waals surface area contributed by atoms with Crippen molar-refractivity contribution in [2.45, 2.75) is 76.7 Å². The number of aromatic nitrogens is 1. The van der Waals surface area contributed by atoms with Crippen LogP contribution in [0.2, 0.25) is 0 Å². The van der Waals surface area contributed by atoms with Gasteiger partial charge < -0.3 is 0 Å². The van der Waals surface area contributed by atoms with Gasteiger partial charge >= 0.3 is 0 Å². The minimum atomic E-state index is 0.832. The summed E-state index contributed by atoms with van der Waals surface area (Å²) in [5, 5.41) is 3.79. The van der Waals surface area contributed by atoms with Crippen molar-refractivity contribution in [2.75, 3.05) is 13.1 Å². The third kappa shape index (κ3) is 6.37. The van der Waals surface area contributed by atoms with Crippen LogP contribution < -0.4 is 5.43 Å². The fraction of sp³-hybridized carbons (Fsp3) is 0.609. The summed E-state index contributed by atoms with van der Waals surface area (Å²) in [4.78, 5) is 4.18. The highest BCUT2D eigenvalue weighted by Gasteiger charge is 2.19. The molecule has 0 bridgehead atoms. The van der Waals surface area contributed by atoms with Crippen LogP contribution in [-0.4, -0.2) is 29.1 Å². The first-order valence-corrected chi connectivity index (χ1v) is 10.7. The molecule has 3 heteroatoms. The monoisotopic (exact) mass is 353 g/mol. The van der Waals surface area contributed by atoms with Crippen LogP contribution >= 0.6 is 0 Å². The SMILES string of the molecule is C1CCCC(N2CCCCCCN2)CCC1.c1ccc2ncccc2c1. The van der Waals surface area contributed by atoms with Crippen molar-refractivity contribution in [1.29, 1.82) is 0 Å². The summed E-state index contributed by atoms with van der Waals surface area (Å²) in [5.41, 5.74) is 4.73. The van der Waals surface area contributed by atoms with E-state index in [1.54, 1.807) is 0 Å². The Balaban J connectivity index is 0.000000167. The van der Waals surface area contributed by atoms with Gasteiger partial charge in [-0.3, -0.25) is 10.4 Å². The van der Waals surface area contributed by atoms with E-state index in [4.69, 9.17) is 0 Å². The molecule has 1 saturated heterocycles. The van der Waals surface area contributed by atoms with Gasteiger partial charge in [-0.15, -0.1) is 0 Å². The molecule has 1 aliphatic carbocycles. The Bertz CT molecular complexity index is 526. The molecule has 0 radical (unpaired) electrons. The third-order valence-electron chi connectivity index (χ3n) is 5.67. The molecule has 1 saturated carbocycles. The number of hydrogen-bond donors (Lipinski definition) is 1. The Morgan fingerprint density at radius 1 is 0.769 bits per heavy atom. The molecule has 0 atom stereocenters. The zero-order valence-electron chi connectivity index (χ0n) is 16.2. The number of nitrogens with one attached hydrogen (secondary N) is 1. The molecule has 1 aliphatic heterocycles. The molecule has 1 aromatic carbocycles. The Morgan fingerprint density at radius 2 is 1.46 bits per heavy atom. The number of nitrogens with zero attached hydrogens (tertiary/aromatic N) is 2. The van der Waals surface area contributed by atoms with E-state index in [1.807, 2.05) is 30.5 Å². The number of benzene rings is 1. The molecule has 1 aromatic heterocycles. The van der Waals surface area contributed by atoms with Crippen LogP contribution in [0.25, 0.3) is 10.9 Å². The molecule has 4 rings (SSSR count).